The van der Waals surface area contributed by atoms with Crippen molar-refractivity contribution in [3.63, 3.8) is 0 Å². The molecule has 1 aliphatic heterocycles. The normalized spacial score (nSPS) is 20.9. The molecular formula is C11H14Br2N2O2S. The molecule has 1 saturated heterocycles. The Bertz CT molecular complexity index is 528. The van der Waals surface area contributed by atoms with Crippen molar-refractivity contribution >= 4 is 41.9 Å². The van der Waals surface area contributed by atoms with Crippen LogP contribution in [0.2, 0.25) is 0 Å². The van der Waals surface area contributed by atoms with Crippen molar-refractivity contribution in [2.75, 3.05) is 13.1 Å². The fraction of sp³-hybridized carbons (Fsp3) is 0.455. The molecule has 0 bridgehead atoms. The third kappa shape index (κ3) is 3.54. The van der Waals surface area contributed by atoms with Crippen LogP contribution in [0.1, 0.15) is 12.8 Å². The Kier molecular flexibility index (Phi) is 4.82. The average Bonchev–Trinajstić information content (AvgIpc) is 2.33. The highest BCUT2D eigenvalue weighted by Crippen LogP contribution is 2.26. The van der Waals surface area contributed by atoms with Crippen LogP contribution < -0.4 is 10.0 Å². The largest absolute Gasteiger partial charge is 0.315 e. The van der Waals surface area contributed by atoms with Gasteiger partial charge in [-0.15, -0.1) is 0 Å². The Hall–Kier alpha value is 0.0500. The Labute approximate surface area is 124 Å². The quantitative estimate of drug-likeness (QED) is 0.822. The van der Waals surface area contributed by atoms with Gasteiger partial charge in [0, 0.05) is 21.5 Å². The average molecular weight is 398 g/mol. The highest BCUT2D eigenvalue weighted by Gasteiger charge is 2.23. The van der Waals surface area contributed by atoms with Gasteiger partial charge >= 0.3 is 0 Å². The number of rotatable bonds is 3. The summed E-state index contributed by atoms with van der Waals surface area (Å²) in [6.07, 6.45) is 1.87. The zero-order valence-corrected chi connectivity index (χ0v) is 13.6. The van der Waals surface area contributed by atoms with E-state index in [1.807, 2.05) is 0 Å². The summed E-state index contributed by atoms with van der Waals surface area (Å²) in [6.45, 7) is 1.64. The van der Waals surface area contributed by atoms with E-state index in [1.165, 1.54) is 0 Å². The van der Waals surface area contributed by atoms with Crippen molar-refractivity contribution in [3.8, 4) is 0 Å². The van der Waals surface area contributed by atoms with Gasteiger partial charge < -0.3 is 5.32 Å². The minimum absolute atomic E-state index is 0.0327. The van der Waals surface area contributed by atoms with E-state index in [4.69, 9.17) is 0 Å². The Morgan fingerprint density at radius 1 is 1.33 bits per heavy atom. The molecule has 0 aliphatic carbocycles. The number of piperidine rings is 1. The maximum absolute atomic E-state index is 12.3. The maximum atomic E-state index is 12.3. The summed E-state index contributed by atoms with van der Waals surface area (Å²) in [4.78, 5) is 0.266. The highest BCUT2D eigenvalue weighted by molar-refractivity contribution is 9.11. The van der Waals surface area contributed by atoms with Gasteiger partial charge in [-0.05, 0) is 53.5 Å². The monoisotopic (exact) mass is 396 g/mol. The van der Waals surface area contributed by atoms with Gasteiger partial charge in [-0.1, -0.05) is 15.9 Å². The van der Waals surface area contributed by atoms with Crippen molar-refractivity contribution in [1.82, 2.24) is 10.0 Å². The lowest BCUT2D eigenvalue weighted by atomic mass is 10.1. The van der Waals surface area contributed by atoms with Crippen LogP contribution in [0.5, 0.6) is 0 Å². The minimum atomic E-state index is -3.48. The lowest BCUT2D eigenvalue weighted by molar-refractivity contribution is 0.428. The van der Waals surface area contributed by atoms with Gasteiger partial charge in [-0.3, -0.25) is 0 Å². The van der Waals surface area contributed by atoms with Crippen LogP contribution in [0.4, 0.5) is 0 Å². The van der Waals surface area contributed by atoms with E-state index in [-0.39, 0.29) is 10.9 Å². The van der Waals surface area contributed by atoms with Crippen LogP contribution in [-0.2, 0) is 10.0 Å². The lowest BCUT2D eigenvalue weighted by Crippen LogP contribution is -2.45. The van der Waals surface area contributed by atoms with Crippen molar-refractivity contribution < 1.29 is 8.42 Å². The SMILES string of the molecule is O=S(=O)(N[C@H]1CCCNC1)c1cc(Br)ccc1Br. The van der Waals surface area contributed by atoms with Crippen molar-refractivity contribution in [2.24, 2.45) is 0 Å². The van der Waals surface area contributed by atoms with Crippen LogP contribution in [0.25, 0.3) is 0 Å². The molecule has 0 radical (unpaired) electrons. The van der Waals surface area contributed by atoms with E-state index in [0.29, 0.717) is 11.0 Å². The summed E-state index contributed by atoms with van der Waals surface area (Å²) in [5.41, 5.74) is 0. The molecule has 1 aromatic carbocycles. The van der Waals surface area contributed by atoms with Crippen LogP contribution in [0.15, 0.2) is 32.0 Å². The zero-order valence-electron chi connectivity index (χ0n) is 9.62. The van der Waals surface area contributed by atoms with E-state index in [2.05, 4.69) is 41.9 Å². The van der Waals surface area contributed by atoms with Crippen LogP contribution in [0.3, 0.4) is 0 Å². The summed E-state index contributed by atoms with van der Waals surface area (Å²) >= 11 is 6.56. The van der Waals surface area contributed by atoms with E-state index in [0.717, 1.165) is 23.9 Å². The molecule has 4 nitrogen and oxygen atoms in total. The van der Waals surface area contributed by atoms with Gasteiger partial charge in [0.05, 0.1) is 4.90 Å². The summed E-state index contributed by atoms with van der Waals surface area (Å²) in [6, 6.07) is 5.08. The molecule has 1 fully saturated rings. The summed E-state index contributed by atoms with van der Waals surface area (Å²) < 4.78 is 28.6. The molecule has 1 heterocycles. The predicted molar refractivity (Wildman–Crippen MR) is 78.1 cm³/mol. The van der Waals surface area contributed by atoms with E-state index < -0.39 is 10.0 Å². The molecule has 2 N–H and O–H groups in total. The first-order valence-electron chi connectivity index (χ1n) is 5.67. The Morgan fingerprint density at radius 3 is 2.78 bits per heavy atom. The number of nitrogens with one attached hydrogen (secondary N) is 2. The molecule has 1 aromatic rings. The molecule has 0 amide bonds. The molecule has 0 spiro atoms. The van der Waals surface area contributed by atoms with Crippen LogP contribution in [0, 0.1) is 0 Å². The lowest BCUT2D eigenvalue weighted by Gasteiger charge is -2.23. The fourth-order valence-corrected chi connectivity index (χ4v) is 4.69. The summed E-state index contributed by atoms with van der Waals surface area (Å²) in [5, 5.41) is 3.19. The number of hydrogen-bond acceptors (Lipinski definition) is 3. The molecule has 1 atom stereocenters. The second-order valence-corrected chi connectivity index (χ2v) is 7.69. The van der Waals surface area contributed by atoms with Crippen molar-refractivity contribution in [3.05, 3.63) is 27.1 Å². The Morgan fingerprint density at radius 2 is 2.11 bits per heavy atom. The van der Waals surface area contributed by atoms with Gasteiger partial charge in [0.2, 0.25) is 10.0 Å². The van der Waals surface area contributed by atoms with Gasteiger partial charge in [-0.2, -0.15) is 0 Å². The van der Waals surface area contributed by atoms with E-state index >= 15 is 0 Å². The summed E-state index contributed by atoms with van der Waals surface area (Å²) in [7, 11) is -3.48. The molecule has 2 rings (SSSR count). The molecule has 7 heteroatoms. The Balaban J connectivity index is 2.21. The third-order valence-electron chi connectivity index (χ3n) is 2.80. The smallest absolute Gasteiger partial charge is 0.242 e. The first kappa shape index (κ1) is 14.5. The van der Waals surface area contributed by atoms with Crippen molar-refractivity contribution in [1.29, 1.82) is 0 Å². The zero-order chi connectivity index (χ0) is 13.2. The van der Waals surface area contributed by atoms with Gasteiger partial charge in [0.1, 0.15) is 0 Å². The van der Waals surface area contributed by atoms with E-state index in [1.54, 1.807) is 18.2 Å². The first-order valence-corrected chi connectivity index (χ1v) is 8.74. The van der Waals surface area contributed by atoms with Crippen molar-refractivity contribution in [2.45, 2.75) is 23.8 Å². The molecule has 1 aliphatic rings. The first-order chi connectivity index (χ1) is 8.49. The molecule has 0 aromatic heterocycles. The molecule has 18 heavy (non-hydrogen) atoms. The van der Waals surface area contributed by atoms with Crippen LogP contribution >= 0.6 is 31.9 Å². The second kappa shape index (κ2) is 6.00. The standard InChI is InChI=1S/C11H14Br2N2O2S/c12-8-3-4-10(13)11(6-8)18(16,17)15-9-2-1-5-14-7-9/h3-4,6,9,14-15H,1-2,5,7H2/t9-/m0/s1. The number of sulfonamides is 1. The number of benzene rings is 1. The number of halogens is 2. The third-order valence-corrected chi connectivity index (χ3v) is 5.81. The number of hydrogen-bond donors (Lipinski definition) is 2. The van der Waals surface area contributed by atoms with E-state index in [9.17, 15) is 8.42 Å². The fourth-order valence-electron chi connectivity index (χ4n) is 1.92. The molecule has 0 unspecified atom stereocenters. The molecule has 0 saturated carbocycles. The van der Waals surface area contributed by atoms with Crippen LogP contribution in [-0.4, -0.2) is 27.5 Å². The topological polar surface area (TPSA) is 58.2 Å². The molecule has 100 valence electrons. The highest BCUT2D eigenvalue weighted by atomic mass is 79.9. The molecular weight excluding hydrogens is 384 g/mol. The maximum Gasteiger partial charge on any atom is 0.242 e. The predicted octanol–water partition coefficient (Wildman–Crippen LogP) is 2.24. The van der Waals surface area contributed by atoms with Gasteiger partial charge in [0.15, 0.2) is 0 Å². The second-order valence-electron chi connectivity index (χ2n) is 4.24. The van der Waals surface area contributed by atoms with Gasteiger partial charge in [0.25, 0.3) is 0 Å². The summed E-state index contributed by atoms with van der Waals surface area (Å²) in [5.74, 6) is 0. The minimum Gasteiger partial charge on any atom is -0.315 e. The van der Waals surface area contributed by atoms with Gasteiger partial charge in [-0.25, -0.2) is 13.1 Å².